The van der Waals surface area contributed by atoms with Crippen LogP contribution in [0.25, 0.3) is 0 Å². The van der Waals surface area contributed by atoms with E-state index in [1.807, 2.05) is 6.92 Å². The highest BCUT2D eigenvalue weighted by atomic mass is 16.5. The molecule has 16 heavy (non-hydrogen) atoms. The van der Waals surface area contributed by atoms with Crippen molar-refractivity contribution in [1.29, 1.82) is 0 Å². The van der Waals surface area contributed by atoms with Crippen molar-refractivity contribution in [2.75, 3.05) is 6.61 Å². The quantitative estimate of drug-likeness (QED) is 0.498. The van der Waals surface area contributed by atoms with Crippen molar-refractivity contribution in [3.63, 3.8) is 0 Å². The third-order valence-corrected chi connectivity index (χ3v) is 2.82. The first-order valence-electron chi connectivity index (χ1n) is 6.52. The number of hydrogen-bond donors (Lipinski definition) is 2. The van der Waals surface area contributed by atoms with Crippen molar-refractivity contribution in [2.45, 2.75) is 72.4 Å². The fourth-order valence-electron chi connectivity index (χ4n) is 1.86. The molecule has 0 aromatic heterocycles. The van der Waals surface area contributed by atoms with Crippen LogP contribution in [-0.2, 0) is 4.74 Å². The van der Waals surface area contributed by atoms with Gasteiger partial charge in [-0.05, 0) is 31.6 Å². The summed E-state index contributed by atoms with van der Waals surface area (Å²) in [6.45, 7) is 11.8. The second-order valence-corrected chi connectivity index (χ2v) is 5.65. The normalized spacial score (nSPS) is 16.1. The highest BCUT2D eigenvalue weighted by Gasteiger charge is 2.22. The molecule has 0 saturated heterocycles. The number of hydrazine groups is 1. The predicted molar refractivity (Wildman–Crippen MR) is 70.1 cm³/mol. The van der Waals surface area contributed by atoms with Gasteiger partial charge in [-0.3, -0.25) is 11.3 Å². The smallest absolute Gasteiger partial charge is 0.0741 e. The summed E-state index contributed by atoms with van der Waals surface area (Å²) >= 11 is 0. The van der Waals surface area contributed by atoms with Gasteiger partial charge in [0, 0.05) is 12.6 Å². The molecule has 0 aliphatic heterocycles. The van der Waals surface area contributed by atoms with Crippen LogP contribution in [0.4, 0.5) is 0 Å². The minimum absolute atomic E-state index is 0.252. The van der Waals surface area contributed by atoms with Gasteiger partial charge in [0.25, 0.3) is 0 Å². The summed E-state index contributed by atoms with van der Waals surface area (Å²) in [6, 6.07) is 0.277. The second-order valence-electron chi connectivity index (χ2n) is 5.65. The molecule has 2 unspecified atom stereocenters. The molecule has 0 aromatic carbocycles. The van der Waals surface area contributed by atoms with E-state index in [2.05, 4.69) is 33.1 Å². The number of nitrogens with one attached hydrogen (secondary N) is 1. The molecule has 0 saturated carbocycles. The van der Waals surface area contributed by atoms with Gasteiger partial charge in [0.15, 0.2) is 0 Å². The zero-order valence-electron chi connectivity index (χ0n) is 11.7. The Hall–Kier alpha value is -0.120. The van der Waals surface area contributed by atoms with E-state index >= 15 is 0 Å². The zero-order valence-corrected chi connectivity index (χ0v) is 11.7. The van der Waals surface area contributed by atoms with Gasteiger partial charge in [-0.15, -0.1) is 0 Å². The summed E-state index contributed by atoms with van der Waals surface area (Å²) in [7, 11) is 0. The highest BCUT2D eigenvalue weighted by Crippen LogP contribution is 2.23. The number of nitrogens with two attached hydrogens (primary N) is 1. The van der Waals surface area contributed by atoms with Crippen molar-refractivity contribution in [1.82, 2.24) is 5.43 Å². The molecule has 0 amide bonds. The predicted octanol–water partition coefficient (Wildman–Crippen LogP) is 2.85. The van der Waals surface area contributed by atoms with Crippen molar-refractivity contribution >= 4 is 0 Å². The first-order valence-corrected chi connectivity index (χ1v) is 6.52. The monoisotopic (exact) mass is 230 g/mol. The van der Waals surface area contributed by atoms with Crippen molar-refractivity contribution in [2.24, 2.45) is 11.3 Å². The number of rotatable bonds is 8. The van der Waals surface area contributed by atoms with Gasteiger partial charge in [0.1, 0.15) is 0 Å². The first kappa shape index (κ1) is 15.9. The van der Waals surface area contributed by atoms with Crippen LogP contribution >= 0.6 is 0 Å². The summed E-state index contributed by atoms with van der Waals surface area (Å²) in [5.74, 6) is 5.63. The van der Waals surface area contributed by atoms with E-state index in [1.54, 1.807) is 0 Å². The summed E-state index contributed by atoms with van der Waals surface area (Å²) in [4.78, 5) is 0. The lowest BCUT2D eigenvalue weighted by molar-refractivity contribution is 0.0232. The van der Waals surface area contributed by atoms with E-state index in [-0.39, 0.29) is 12.1 Å². The Bertz CT molecular complexity index is 160. The van der Waals surface area contributed by atoms with Gasteiger partial charge in [0.2, 0.25) is 0 Å². The second kappa shape index (κ2) is 8.04. The maximum Gasteiger partial charge on any atom is 0.0741 e. The molecule has 0 aliphatic carbocycles. The molecule has 0 fully saturated rings. The highest BCUT2D eigenvalue weighted by molar-refractivity contribution is 4.77. The number of hydrogen-bond acceptors (Lipinski definition) is 3. The molecule has 0 radical (unpaired) electrons. The summed E-state index contributed by atoms with van der Waals surface area (Å²) < 4.78 is 5.76. The Labute approximate surface area is 101 Å². The fraction of sp³-hybridized carbons (Fsp3) is 1.00. The average molecular weight is 230 g/mol. The van der Waals surface area contributed by atoms with Crippen molar-refractivity contribution < 1.29 is 4.74 Å². The molecule has 98 valence electrons. The lowest BCUT2D eigenvalue weighted by Crippen LogP contribution is -2.45. The molecule has 3 N–H and O–H groups in total. The van der Waals surface area contributed by atoms with Crippen LogP contribution in [0.2, 0.25) is 0 Å². The van der Waals surface area contributed by atoms with Gasteiger partial charge in [-0.25, -0.2) is 0 Å². The summed E-state index contributed by atoms with van der Waals surface area (Å²) in [5.41, 5.74) is 3.28. The molecule has 0 spiro atoms. The molecule has 0 aromatic rings. The van der Waals surface area contributed by atoms with Crippen LogP contribution in [0, 0.1) is 5.41 Å². The van der Waals surface area contributed by atoms with Crippen LogP contribution in [0.1, 0.15) is 60.3 Å². The van der Waals surface area contributed by atoms with Crippen LogP contribution < -0.4 is 11.3 Å². The van der Waals surface area contributed by atoms with Crippen LogP contribution in [-0.4, -0.2) is 18.8 Å². The maximum absolute atomic E-state index is 5.76. The standard InChI is InChI=1S/C13H30N2O/c1-6-8-12(16-7-2)11(15-14)9-10-13(3,4)5/h11-12,15H,6-10,14H2,1-5H3. The van der Waals surface area contributed by atoms with E-state index < -0.39 is 0 Å². The maximum atomic E-state index is 5.76. The molecular formula is C13H30N2O. The minimum atomic E-state index is 0.252. The van der Waals surface area contributed by atoms with Gasteiger partial charge in [0.05, 0.1) is 6.10 Å². The van der Waals surface area contributed by atoms with E-state index in [9.17, 15) is 0 Å². The summed E-state index contributed by atoms with van der Waals surface area (Å²) in [6.07, 6.45) is 4.70. The van der Waals surface area contributed by atoms with Crippen LogP contribution in [0.3, 0.4) is 0 Å². The molecule has 0 bridgehead atoms. The number of ether oxygens (including phenoxy) is 1. The van der Waals surface area contributed by atoms with Crippen LogP contribution in [0.15, 0.2) is 0 Å². The Morgan fingerprint density at radius 3 is 2.19 bits per heavy atom. The van der Waals surface area contributed by atoms with E-state index in [0.717, 1.165) is 32.3 Å². The molecular weight excluding hydrogens is 200 g/mol. The molecule has 0 heterocycles. The molecule has 3 heteroatoms. The topological polar surface area (TPSA) is 47.3 Å². The van der Waals surface area contributed by atoms with E-state index in [4.69, 9.17) is 10.6 Å². The first-order chi connectivity index (χ1) is 7.44. The fourth-order valence-corrected chi connectivity index (χ4v) is 1.86. The van der Waals surface area contributed by atoms with Gasteiger partial charge >= 0.3 is 0 Å². The minimum Gasteiger partial charge on any atom is -0.377 e. The average Bonchev–Trinajstić information content (AvgIpc) is 2.17. The molecule has 0 aliphatic rings. The van der Waals surface area contributed by atoms with Crippen LogP contribution in [0.5, 0.6) is 0 Å². The summed E-state index contributed by atoms with van der Waals surface area (Å²) in [5, 5.41) is 0. The molecule has 0 rings (SSSR count). The molecule has 2 atom stereocenters. The van der Waals surface area contributed by atoms with Crippen molar-refractivity contribution in [3.05, 3.63) is 0 Å². The Balaban J connectivity index is 4.19. The van der Waals surface area contributed by atoms with E-state index in [1.165, 1.54) is 0 Å². The Morgan fingerprint density at radius 2 is 1.81 bits per heavy atom. The Kier molecular flexibility index (Phi) is 7.98. The van der Waals surface area contributed by atoms with Gasteiger partial charge in [-0.2, -0.15) is 0 Å². The van der Waals surface area contributed by atoms with Crippen molar-refractivity contribution in [3.8, 4) is 0 Å². The third kappa shape index (κ3) is 7.20. The molecule has 3 nitrogen and oxygen atoms in total. The van der Waals surface area contributed by atoms with Gasteiger partial charge in [-0.1, -0.05) is 34.1 Å². The van der Waals surface area contributed by atoms with Gasteiger partial charge < -0.3 is 4.74 Å². The Morgan fingerprint density at radius 1 is 1.19 bits per heavy atom. The lowest BCUT2D eigenvalue weighted by Gasteiger charge is -2.29. The van der Waals surface area contributed by atoms with E-state index in [0.29, 0.717) is 5.41 Å². The largest absolute Gasteiger partial charge is 0.377 e. The third-order valence-electron chi connectivity index (χ3n) is 2.82. The SMILES string of the molecule is CCCC(OCC)C(CCC(C)(C)C)NN. The zero-order chi connectivity index (χ0) is 12.6. The lowest BCUT2D eigenvalue weighted by atomic mass is 9.87.